The lowest BCUT2D eigenvalue weighted by atomic mass is 9.53. The summed E-state index contributed by atoms with van der Waals surface area (Å²) in [7, 11) is -1.97. The Labute approximate surface area is 123 Å². The monoisotopic (exact) mass is 305 g/mol. The number of hydrogen-bond acceptors (Lipinski definition) is 4. The number of rotatable bonds is 2. The highest BCUT2D eigenvalue weighted by molar-refractivity contribution is 6.80. The first-order valence-corrected chi connectivity index (χ1v) is 11.4. The number of nitrogens with zero attached hydrogens (tertiary/aromatic N) is 1. The van der Waals surface area contributed by atoms with E-state index in [0.29, 0.717) is 12.8 Å². The molecule has 21 heavy (non-hydrogen) atoms. The molecule has 5 aliphatic rings. The van der Waals surface area contributed by atoms with Gasteiger partial charge in [-0.2, -0.15) is 0 Å². The van der Waals surface area contributed by atoms with Crippen LogP contribution in [0.5, 0.6) is 0 Å². The van der Waals surface area contributed by atoms with E-state index in [1.165, 1.54) is 0 Å². The fourth-order valence-electron chi connectivity index (χ4n) is 8.13. The van der Waals surface area contributed by atoms with Crippen molar-refractivity contribution in [3.8, 4) is 0 Å². The number of Topliss-reactive ketones (excluding diaryl/α,β-unsaturated/α-hetero) is 2. The van der Waals surface area contributed by atoms with Gasteiger partial charge < -0.3 is 0 Å². The Morgan fingerprint density at radius 2 is 1.62 bits per heavy atom. The summed E-state index contributed by atoms with van der Waals surface area (Å²) in [5.41, 5.74) is -1.07. The average Bonchev–Trinajstić information content (AvgIpc) is 2.92. The van der Waals surface area contributed by atoms with Crippen LogP contribution in [-0.2, 0) is 9.59 Å². The molecule has 0 aromatic carbocycles. The average molecular weight is 305 g/mol. The molecule has 5 fully saturated rings. The van der Waals surface area contributed by atoms with E-state index in [1.54, 1.807) is 0 Å². The Balaban J connectivity index is 1.90. The molecule has 6 heteroatoms. The molecule has 0 aromatic rings. The van der Waals surface area contributed by atoms with Gasteiger partial charge in [-0.1, -0.05) is 19.6 Å². The molecule has 5 aliphatic carbocycles. The molecule has 0 unspecified atom stereocenters. The molecule has 0 radical (unpaired) electrons. The van der Waals surface area contributed by atoms with E-state index in [4.69, 9.17) is 0 Å². The number of carbonyl (C=O) groups excluding carboxylic acids is 2. The largest absolute Gasteiger partial charge is 0.299 e. The minimum Gasteiger partial charge on any atom is -0.299 e. The Hall–Kier alpha value is -1.04. The maximum Gasteiger partial charge on any atom is 0.239 e. The van der Waals surface area contributed by atoms with Gasteiger partial charge in [0.1, 0.15) is 11.6 Å². The van der Waals surface area contributed by atoms with Crippen molar-refractivity contribution in [2.75, 3.05) is 0 Å². The van der Waals surface area contributed by atoms with Crippen molar-refractivity contribution in [1.82, 2.24) is 0 Å². The third-order valence-electron chi connectivity index (χ3n) is 7.97. The lowest BCUT2D eigenvalue weighted by molar-refractivity contribution is -0.614. The third-order valence-corrected chi connectivity index (χ3v) is 11.5. The predicted octanol–water partition coefficient (Wildman–Crippen LogP) is 1.76. The number of ketones is 2. The summed E-state index contributed by atoms with van der Waals surface area (Å²) in [5, 5.41) is 11.8. The van der Waals surface area contributed by atoms with E-state index < -0.39 is 24.6 Å². The van der Waals surface area contributed by atoms with Crippen LogP contribution in [-0.4, -0.2) is 30.1 Å². The zero-order valence-electron chi connectivity index (χ0n) is 12.5. The van der Waals surface area contributed by atoms with Gasteiger partial charge in [0.2, 0.25) is 5.54 Å². The van der Waals surface area contributed by atoms with Gasteiger partial charge in [-0.15, -0.1) is 0 Å². The maximum absolute atomic E-state index is 12.9. The van der Waals surface area contributed by atoms with Crippen LogP contribution in [0.15, 0.2) is 0 Å². The molecule has 0 amide bonds. The summed E-state index contributed by atoms with van der Waals surface area (Å²) in [6.45, 7) is 6.53. The fraction of sp³-hybridized carbons (Fsp3) is 0.867. The molecule has 0 aromatic heterocycles. The zero-order chi connectivity index (χ0) is 15.1. The highest BCUT2D eigenvalue weighted by Crippen LogP contribution is 2.91. The molecule has 5 nitrogen and oxygen atoms in total. The summed E-state index contributed by atoms with van der Waals surface area (Å²) in [4.78, 5) is 37.7. The van der Waals surface area contributed by atoms with Crippen LogP contribution in [0.3, 0.4) is 0 Å². The van der Waals surface area contributed by atoms with Gasteiger partial charge in [0, 0.05) is 33.6 Å². The first-order chi connectivity index (χ1) is 9.72. The Morgan fingerprint density at radius 1 is 1.05 bits per heavy atom. The highest BCUT2D eigenvalue weighted by Gasteiger charge is 3.00. The number of carbonyl (C=O) groups is 2. The zero-order valence-corrected chi connectivity index (χ0v) is 13.5. The van der Waals surface area contributed by atoms with Gasteiger partial charge in [-0.25, -0.2) is 0 Å². The summed E-state index contributed by atoms with van der Waals surface area (Å²) in [6.07, 6.45) is 1.09. The van der Waals surface area contributed by atoms with Crippen molar-refractivity contribution >= 4 is 19.6 Å². The molecule has 5 saturated carbocycles. The summed E-state index contributed by atoms with van der Waals surface area (Å²) in [5.74, 6) is -0.489. The molecule has 0 aliphatic heterocycles. The van der Waals surface area contributed by atoms with Gasteiger partial charge in [-0.05, 0) is 18.8 Å². The van der Waals surface area contributed by atoms with Crippen molar-refractivity contribution in [3.05, 3.63) is 10.1 Å². The van der Waals surface area contributed by atoms with Gasteiger partial charge in [0.05, 0.1) is 14.0 Å². The van der Waals surface area contributed by atoms with Crippen LogP contribution >= 0.6 is 0 Å². The fourth-order valence-corrected chi connectivity index (χ4v) is 12.4. The number of hydrogen-bond donors (Lipinski definition) is 0. The van der Waals surface area contributed by atoms with E-state index in [0.717, 1.165) is 0 Å². The third kappa shape index (κ3) is 0.792. The van der Waals surface area contributed by atoms with Crippen LogP contribution in [0.1, 0.15) is 12.8 Å². The summed E-state index contributed by atoms with van der Waals surface area (Å²) >= 11 is 0. The molecule has 0 heterocycles. The summed E-state index contributed by atoms with van der Waals surface area (Å²) < 4.78 is 0. The lowest BCUT2D eigenvalue weighted by Gasteiger charge is -2.62. The summed E-state index contributed by atoms with van der Waals surface area (Å²) in [6, 6.07) is 0. The first-order valence-electron chi connectivity index (χ1n) is 7.94. The second kappa shape index (κ2) is 2.89. The van der Waals surface area contributed by atoms with E-state index >= 15 is 0 Å². The van der Waals surface area contributed by atoms with Gasteiger partial charge in [-0.3, -0.25) is 19.7 Å². The van der Waals surface area contributed by atoms with Crippen molar-refractivity contribution < 1.29 is 14.5 Å². The molecular weight excluding hydrogens is 286 g/mol. The van der Waals surface area contributed by atoms with Gasteiger partial charge >= 0.3 is 0 Å². The minimum absolute atomic E-state index is 0.0463. The van der Waals surface area contributed by atoms with Crippen LogP contribution in [0.25, 0.3) is 0 Å². The van der Waals surface area contributed by atoms with Crippen molar-refractivity contribution in [2.24, 2.45) is 35.5 Å². The molecule has 112 valence electrons. The van der Waals surface area contributed by atoms with Crippen molar-refractivity contribution in [2.45, 2.75) is 43.1 Å². The standard InChI is InChI=1S/C15H19NO4Si/c1-21(2,3)15-9-5-8-12(17)6-4-7(13(9)18)11(15)10(6)14(8,15)16(19)20/h6-11H,4-5H2,1-3H3/t6-,7+,8-,9-,10-,11-,14+,15-/m1/s1. The molecule has 0 spiro atoms. The highest BCUT2D eigenvalue weighted by atomic mass is 28.3. The smallest absolute Gasteiger partial charge is 0.239 e. The minimum atomic E-state index is -1.97. The molecular formula is C15H19NO4Si. The Bertz CT molecular complexity index is 655. The van der Waals surface area contributed by atoms with E-state index in [-0.39, 0.29) is 46.1 Å². The Kier molecular flexibility index (Phi) is 1.72. The molecule has 8 atom stereocenters. The van der Waals surface area contributed by atoms with Crippen LogP contribution in [0.4, 0.5) is 0 Å². The van der Waals surface area contributed by atoms with E-state index in [2.05, 4.69) is 19.6 Å². The second-order valence-corrected chi connectivity index (χ2v) is 14.2. The molecule has 5 rings (SSSR count). The lowest BCUT2D eigenvalue weighted by Crippen LogP contribution is -2.74. The van der Waals surface area contributed by atoms with Crippen molar-refractivity contribution in [1.29, 1.82) is 0 Å². The van der Waals surface area contributed by atoms with Crippen LogP contribution < -0.4 is 0 Å². The topological polar surface area (TPSA) is 77.3 Å². The van der Waals surface area contributed by atoms with Crippen molar-refractivity contribution in [3.63, 3.8) is 0 Å². The Morgan fingerprint density at radius 3 is 2.19 bits per heavy atom. The normalized spacial score (nSPS) is 58.8. The van der Waals surface area contributed by atoms with Crippen LogP contribution in [0, 0.1) is 45.6 Å². The van der Waals surface area contributed by atoms with Gasteiger partial charge in [0.25, 0.3) is 0 Å². The first kappa shape index (κ1) is 12.5. The SMILES string of the molecule is C[Si](C)(C)[C@@]12[C@H]3[C@H]4[C@H]5C[C@@H]3C(=O)[C@H]1C[C@H](C5=O)[C@]42[N+](=O)[O-]. The second-order valence-electron chi connectivity index (χ2n) is 8.85. The van der Waals surface area contributed by atoms with E-state index in [1.807, 2.05) is 0 Å². The van der Waals surface area contributed by atoms with E-state index in [9.17, 15) is 19.7 Å². The van der Waals surface area contributed by atoms with Gasteiger partial charge in [0.15, 0.2) is 0 Å². The quantitative estimate of drug-likeness (QED) is 0.442. The van der Waals surface area contributed by atoms with Crippen LogP contribution in [0.2, 0.25) is 24.7 Å². The number of nitro groups is 1. The predicted molar refractivity (Wildman–Crippen MR) is 76.0 cm³/mol. The molecule has 0 N–H and O–H groups in total. The molecule has 0 bridgehead atoms. The molecule has 0 saturated heterocycles. The maximum atomic E-state index is 12.9.